The summed E-state index contributed by atoms with van der Waals surface area (Å²) in [4.78, 5) is 30.7. The fourth-order valence-corrected chi connectivity index (χ4v) is 3.61. The number of rotatable bonds is 4. The molecule has 4 heterocycles. The summed E-state index contributed by atoms with van der Waals surface area (Å²) < 4.78 is 4.41. The lowest BCUT2D eigenvalue weighted by Crippen LogP contribution is -2.40. The zero-order valence-electron chi connectivity index (χ0n) is 15.7. The Hall–Kier alpha value is -2.94. The molecule has 0 aliphatic carbocycles. The molecule has 0 amide bonds. The van der Waals surface area contributed by atoms with Crippen LogP contribution in [0.1, 0.15) is 12.0 Å². The van der Waals surface area contributed by atoms with Crippen molar-refractivity contribution in [1.29, 1.82) is 0 Å². The zero-order chi connectivity index (χ0) is 19.1. The van der Waals surface area contributed by atoms with Crippen LogP contribution in [0.2, 0.25) is 0 Å². The predicted octanol–water partition coefficient (Wildman–Crippen LogP) is -0.266. The molecule has 1 atom stereocenters. The number of nitrogens with zero attached hydrogens (tertiary/aromatic N) is 6. The van der Waals surface area contributed by atoms with Gasteiger partial charge in [-0.05, 0) is 18.1 Å². The second-order valence-electron chi connectivity index (χ2n) is 7.08. The summed E-state index contributed by atoms with van der Waals surface area (Å²) in [6.45, 7) is 2.27. The minimum absolute atomic E-state index is 0.277. The molecule has 9 nitrogen and oxygen atoms in total. The normalized spacial score (nSPS) is 17.1. The molecule has 0 saturated carbocycles. The summed E-state index contributed by atoms with van der Waals surface area (Å²) >= 11 is 0. The van der Waals surface area contributed by atoms with E-state index >= 15 is 0 Å². The van der Waals surface area contributed by atoms with Gasteiger partial charge in [0.2, 0.25) is 0 Å². The highest BCUT2D eigenvalue weighted by molar-refractivity contribution is 5.74. The first-order valence-corrected chi connectivity index (χ1v) is 8.96. The Balaban J connectivity index is 1.44. The maximum absolute atomic E-state index is 12.1. The number of pyridine rings is 1. The number of hydrogen-bond acceptors (Lipinski definition) is 6. The maximum Gasteiger partial charge on any atom is 0.332 e. The average molecular weight is 369 g/mol. The van der Waals surface area contributed by atoms with Crippen LogP contribution in [-0.2, 0) is 27.7 Å². The second-order valence-corrected chi connectivity index (χ2v) is 7.08. The number of fused-ring (bicyclic) bond motifs is 1. The molecule has 0 unspecified atom stereocenters. The Kier molecular flexibility index (Phi) is 4.31. The van der Waals surface area contributed by atoms with Crippen LogP contribution < -0.4 is 21.5 Å². The molecule has 1 aliphatic heterocycles. The minimum atomic E-state index is -0.301. The van der Waals surface area contributed by atoms with Gasteiger partial charge in [-0.1, -0.05) is 0 Å². The Morgan fingerprint density at radius 3 is 2.78 bits per heavy atom. The molecule has 1 aliphatic rings. The van der Waals surface area contributed by atoms with E-state index < -0.39 is 0 Å². The van der Waals surface area contributed by atoms with E-state index in [0.29, 0.717) is 12.4 Å². The van der Waals surface area contributed by atoms with Crippen molar-refractivity contribution in [3.05, 3.63) is 50.9 Å². The van der Waals surface area contributed by atoms with Gasteiger partial charge in [0.1, 0.15) is 5.82 Å². The molecule has 3 aromatic rings. The Morgan fingerprint density at radius 1 is 1.15 bits per heavy atom. The predicted molar refractivity (Wildman–Crippen MR) is 103 cm³/mol. The topological polar surface area (TPSA) is 90.0 Å². The van der Waals surface area contributed by atoms with Crippen molar-refractivity contribution in [3.63, 3.8) is 0 Å². The van der Waals surface area contributed by atoms with Gasteiger partial charge < -0.3 is 10.2 Å². The van der Waals surface area contributed by atoms with Crippen molar-refractivity contribution in [2.75, 3.05) is 18.0 Å². The van der Waals surface area contributed by atoms with Crippen molar-refractivity contribution < 1.29 is 0 Å². The van der Waals surface area contributed by atoms with E-state index in [2.05, 4.69) is 26.4 Å². The van der Waals surface area contributed by atoms with Crippen LogP contribution in [0.15, 0.2) is 34.1 Å². The highest BCUT2D eigenvalue weighted by Crippen LogP contribution is 2.18. The van der Waals surface area contributed by atoms with Gasteiger partial charge in [0.25, 0.3) is 5.56 Å². The molecule has 1 saturated heterocycles. The molecule has 0 aromatic carbocycles. The molecule has 0 radical (unpaired) electrons. The second kappa shape index (κ2) is 6.66. The van der Waals surface area contributed by atoms with Crippen LogP contribution in [0.5, 0.6) is 0 Å². The van der Waals surface area contributed by atoms with Crippen LogP contribution in [0, 0.1) is 0 Å². The van der Waals surface area contributed by atoms with Gasteiger partial charge in [-0.2, -0.15) is 5.10 Å². The Labute approximate surface area is 155 Å². The summed E-state index contributed by atoms with van der Waals surface area (Å²) in [5.74, 6) is 0.672. The van der Waals surface area contributed by atoms with Crippen LogP contribution in [-0.4, -0.2) is 43.0 Å². The molecule has 1 N–H and O–H groups in total. The van der Waals surface area contributed by atoms with Crippen molar-refractivity contribution in [1.82, 2.24) is 29.2 Å². The summed E-state index contributed by atoms with van der Waals surface area (Å²) in [7, 11) is 5.08. The smallest absolute Gasteiger partial charge is 0.332 e. The van der Waals surface area contributed by atoms with Gasteiger partial charge >= 0.3 is 5.69 Å². The number of aromatic nitrogens is 5. The lowest BCUT2D eigenvalue weighted by Gasteiger charge is -2.21. The summed E-state index contributed by atoms with van der Waals surface area (Å²) in [5.41, 5.74) is 1.40. The number of anilines is 1. The van der Waals surface area contributed by atoms with E-state index in [1.54, 1.807) is 11.7 Å². The molecule has 3 aromatic heterocycles. The van der Waals surface area contributed by atoms with E-state index in [9.17, 15) is 9.59 Å². The first-order valence-electron chi connectivity index (χ1n) is 8.96. The third-order valence-electron chi connectivity index (χ3n) is 5.24. The lowest BCUT2D eigenvalue weighted by atomic mass is 10.2. The largest absolute Gasteiger partial charge is 0.356 e. The zero-order valence-corrected chi connectivity index (χ0v) is 15.7. The van der Waals surface area contributed by atoms with E-state index in [4.69, 9.17) is 0 Å². The third-order valence-corrected chi connectivity index (χ3v) is 5.24. The molecule has 142 valence electrons. The highest BCUT2D eigenvalue weighted by atomic mass is 16.2. The lowest BCUT2D eigenvalue weighted by molar-refractivity contribution is 0.550. The van der Waals surface area contributed by atoms with Gasteiger partial charge in [-0.25, -0.2) is 9.78 Å². The fraction of sp³-hybridized carbons (Fsp3) is 0.444. The van der Waals surface area contributed by atoms with Gasteiger partial charge in [0.15, 0.2) is 5.65 Å². The Bertz CT molecular complexity index is 1110. The number of aryl methyl sites for hydroxylation is 1. The average Bonchev–Trinajstić information content (AvgIpc) is 3.28. The molecule has 1 fully saturated rings. The van der Waals surface area contributed by atoms with Crippen LogP contribution >= 0.6 is 0 Å². The van der Waals surface area contributed by atoms with Gasteiger partial charge in [-0.15, -0.1) is 0 Å². The minimum Gasteiger partial charge on any atom is -0.356 e. The van der Waals surface area contributed by atoms with Crippen LogP contribution in [0.4, 0.5) is 5.82 Å². The first kappa shape index (κ1) is 17.5. The number of nitrogens with one attached hydrogen (secondary N) is 1. The Morgan fingerprint density at radius 2 is 1.96 bits per heavy atom. The van der Waals surface area contributed by atoms with E-state index in [-0.39, 0.29) is 17.3 Å². The third kappa shape index (κ3) is 3.14. The molecule has 9 heteroatoms. The fourth-order valence-electron chi connectivity index (χ4n) is 3.61. The van der Waals surface area contributed by atoms with Crippen LogP contribution in [0.3, 0.4) is 0 Å². The number of hydrogen-bond donors (Lipinski definition) is 1. The molecular weight excluding hydrogens is 346 g/mol. The van der Waals surface area contributed by atoms with E-state index in [1.165, 1.54) is 17.7 Å². The van der Waals surface area contributed by atoms with Crippen LogP contribution in [0.25, 0.3) is 11.0 Å². The van der Waals surface area contributed by atoms with E-state index in [0.717, 1.165) is 40.7 Å². The van der Waals surface area contributed by atoms with Crippen molar-refractivity contribution in [3.8, 4) is 0 Å². The summed E-state index contributed by atoms with van der Waals surface area (Å²) in [6.07, 6.45) is 4.64. The van der Waals surface area contributed by atoms with Gasteiger partial charge in [0.05, 0.1) is 6.20 Å². The monoisotopic (exact) mass is 369 g/mol. The SMILES string of the molecule is Cn1c(N2CC[C@@H](NCc3cnc4c(cnn4C)c3)C2)cc(=O)n(C)c1=O. The highest BCUT2D eigenvalue weighted by Gasteiger charge is 2.24. The van der Waals surface area contributed by atoms with Crippen molar-refractivity contribution >= 4 is 16.9 Å². The van der Waals surface area contributed by atoms with E-state index in [1.807, 2.05) is 19.4 Å². The quantitative estimate of drug-likeness (QED) is 0.681. The maximum atomic E-state index is 12.1. The molecular formula is C18H23N7O2. The van der Waals surface area contributed by atoms with Crippen molar-refractivity contribution in [2.45, 2.75) is 19.0 Å². The standard InChI is InChI=1S/C18H23N7O2/c1-22-15(7-16(26)23(2)18(22)27)25-5-4-14(11-25)19-8-12-6-13-10-21-24(3)17(13)20-9-12/h6-7,9-10,14,19H,4-5,8,11H2,1-3H3/t14-/m1/s1. The molecule has 27 heavy (non-hydrogen) atoms. The van der Waals surface area contributed by atoms with Gasteiger partial charge in [-0.3, -0.25) is 18.6 Å². The molecule has 0 bridgehead atoms. The van der Waals surface area contributed by atoms with Gasteiger partial charge in [0, 0.05) is 64.5 Å². The summed E-state index contributed by atoms with van der Waals surface area (Å²) in [6, 6.07) is 3.91. The molecule has 0 spiro atoms. The first-order chi connectivity index (χ1) is 12.9. The summed E-state index contributed by atoms with van der Waals surface area (Å²) in [5, 5.41) is 8.80. The van der Waals surface area contributed by atoms with Crippen molar-refractivity contribution in [2.24, 2.45) is 21.1 Å². The molecule has 4 rings (SSSR count).